The molecule has 0 aliphatic heterocycles. The number of hydrogen-bond acceptors (Lipinski definition) is 6. The normalized spacial score (nSPS) is 11.2. The van der Waals surface area contributed by atoms with E-state index in [0.29, 0.717) is 32.7 Å². The molecule has 24 heavy (non-hydrogen) atoms. The predicted molar refractivity (Wildman–Crippen MR) is 92.7 cm³/mol. The average Bonchev–Trinajstić information content (AvgIpc) is 3.21. The summed E-state index contributed by atoms with van der Waals surface area (Å²) >= 11 is 13.5. The van der Waals surface area contributed by atoms with Crippen molar-refractivity contribution < 1.29 is 4.52 Å². The zero-order valence-corrected chi connectivity index (χ0v) is 14.3. The van der Waals surface area contributed by atoms with Gasteiger partial charge in [0.05, 0.1) is 33.7 Å². The summed E-state index contributed by atoms with van der Waals surface area (Å²) in [4.78, 5) is 22.0. The van der Waals surface area contributed by atoms with Crippen LogP contribution < -0.4 is 5.56 Å². The maximum Gasteiger partial charge on any atom is 0.268 e. The van der Waals surface area contributed by atoms with Gasteiger partial charge < -0.3 is 4.52 Å². The van der Waals surface area contributed by atoms with E-state index >= 15 is 0 Å². The second-order valence-corrected chi connectivity index (χ2v) is 6.75. The Morgan fingerprint density at radius 3 is 2.96 bits per heavy atom. The highest BCUT2D eigenvalue weighted by molar-refractivity contribution is 7.13. The topological polar surface area (TPSA) is 73.8 Å². The molecule has 0 amide bonds. The van der Waals surface area contributed by atoms with E-state index in [0.717, 1.165) is 4.88 Å². The quantitative estimate of drug-likeness (QED) is 0.540. The molecule has 0 atom stereocenters. The van der Waals surface area contributed by atoms with Crippen molar-refractivity contribution in [3.05, 3.63) is 62.2 Å². The van der Waals surface area contributed by atoms with Gasteiger partial charge in [0.1, 0.15) is 0 Å². The SMILES string of the molecule is O=c1c2cc(Cl)cc(Cl)c2ncn1Cc1noc(-c2cccs2)n1. The van der Waals surface area contributed by atoms with Crippen LogP contribution in [0, 0.1) is 0 Å². The maximum atomic E-state index is 12.6. The summed E-state index contributed by atoms with van der Waals surface area (Å²) in [7, 11) is 0. The number of hydrogen-bond donors (Lipinski definition) is 0. The first kappa shape index (κ1) is 15.3. The molecular weight excluding hydrogens is 371 g/mol. The third-order valence-electron chi connectivity index (χ3n) is 3.36. The first-order chi connectivity index (χ1) is 11.6. The van der Waals surface area contributed by atoms with Gasteiger partial charge in [0.2, 0.25) is 0 Å². The molecule has 0 aliphatic carbocycles. The standard InChI is InChI=1S/C15H8Cl2N4O2S/c16-8-4-9-13(10(17)5-8)18-7-21(15(9)22)6-12-19-14(23-20-12)11-2-1-3-24-11/h1-5,7H,6H2. The second-order valence-electron chi connectivity index (χ2n) is 4.95. The van der Waals surface area contributed by atoms with Crippen LogP contribution in [0.2, 0.25) is 10.0 Å². The molecule has 0 aliphatic rings. The van der Waals surface area contributed by atoms with Crippen LogP contribution in [0.15, 0.2) is 45.3 Å². The van der Waals surface area contributed by atoms with Crippen molar-refractivity contribution in [2.24, 2.45) is 0 Å². The van der Waals surface area contributed by atoms with Gasteiger partial charge in [0, 0.05) is 5.02 Å². The number of aromatic nitrogens is 4. The summed E-state index contributed by atoms with van der Waals surface area (Å²) in [5.41, 5.74) is 0.140. The molecule has 1 aromatic carbocycles. The Labute approximate surface area is 149 Å². The summed E-state index contributed by atoms with van der Waals surface area (Å²) in [6.45, 7) is 0.140. The van der Waals surface area contributed by atoms with Crippen LogP contribution >= 0.6 is 34.5 Å². The van der Waals surface area contributed by atoms with E-state index in [1.54, 1.807) is 12.1 Å². The highest BCUT2D eigenvalue weighted by atomic mass is 35.5. The Hall–Kier alpha value is -2.22. The van der Waals surface area contributed by atoms with Gasteiger partial charge in [-0.25, -0.2) is 4.98 Å². The minimum absolute atomic E-state index is 0.140. The number of benzene rings is 1. The van der Waals surface area contributed by atoms with Gasteiger partial charge >= 0.3 is 0 Å². The molecule has 0 fully saturated rings. The highest BCUT2D eigenvalue weighted by Crippen LogP contribution is 2.24. The Balaban J connectivity index is 1.73. The maximum absolute atomic E-state index is 12.6. The van der Waals surface area contributed by atoms with E-state index in [9.17, 15) is 4.79 Å². The number of fused-ring (bicyclic) bond motifs is 1. The lowest BCUT2D eigenvalue weighted by Crippen LogP contribution is -2.21. The van der Waals surface area contributed by atoms with Crippen LogP contribution in [-0.4, -0.2) is 19.7 Å². The van der Waals surface area contributed by atoms with Crippen molar-refractivity contribution in [3.63, 3.8) is 0 Å². The molecule has 0 unspecified atom stereocenters. The Bertz CT molecular complexity index is 1090. The fourth-order valence-corrected chi connectivity index (χ4v) is 3.47. The van der Waals surface area contributed by atoms with Gasteiger partial charge in [-0.1, -0.05) is 34.4 Å². The fraction of sp³-hybridized carbons (Fsp3) is 0.0667. The number of thiophene rings is 1. The molecule has 6 nitrogen and oxygen atoms in total. The summed E-state index contributed by atoms with van der Waals surface area (Å²) in [5.74, 6) is 0.808. The van der Waals surface area contributed by atoms with Crippen molar-refractivity contribution in [1.29, 1.82) is 0 Å². The van der Waals surface area contributed by atoms with Crippen LogP contribution in [0.5, 0.6) is 0 Å². The third-order valence-corrected chi connectivity index (χ3v) is 4.72. The van der Waals surface area contributed by atoms with Gasteiger partial charge in [0.15, 0.2) is 5.82 Å². The molecule has 3 heterocycles. The van der Waals surface area contributed by atoms with E-state index in [1.165, 1.54) is 22.2 Å². The van der Waals surface area contributed by atoms with Gasteiger partial charge in [-0.2, -0.15) is 4.98 Å². The fourth-order valence-electron chi connectivity index (χ4n) is 2.28. The molecule has 3 aromatic heterocycles. The molecule has 120 valence electrons. The molecular formula is C15H8Cl2N4O2S. The summed E-state index contributed by atoms with van der Waals surface area (Å²) < 4.78 is 6.61. The van der Waals surface area contributed by atoms with Crippen molar-refractivity contribution in [2.75, 3.05) is 0 Å². The van der Waals surface area contributed by atoms with E-state index < -0.39 is 0 Å². The smallest absolute Gasteiger partial charge is 0.268 e. The van der Waals surface area contributed by atoms with Crippen LogP contribution in [0.4, 0.5) is 0 Å². The molecule has 4 rings (SSSR count). The van der Waals surface area contributed by atoms with E-state index in [-0.39, 0.29) is 12.1 Å². The lowest BCUT2D eigenvalue weighted by atomic mass is 10.2. The van der Waals surface area contributed by atoms with E-state index in [1.807, 2.05) is 17.5 Å². The monoisotopic (exact) mass is 378 g/mol. The Morgan fingerprint density at radius 1 is 1.29 bits per heavy atom. The minimum atomic E-state index is -0.271. The number of rotatable bonds is 3. The first-order valence-corrected chi connectivity index (χ1v) is 8.46. The Morgan fingerprint density at radius 2 is 2.17 bits per heavy atom. The highest BCUT2D eigenvalue weighted by Gasteiger charge is 2.13. The summed E-state index contributed by atoms with van der Waals surface area (Å²) in [6, 6.07) is 6.88. The lowest BCUT2D eigenvalue weighted by molar-refractivity contribution is 0.421. The minimum Gasteiger partial charge on any atom is -0.333 e. The van der Waals surface area contributed by atoms with Crippen LogP contribution in [0.3, 0.4) is 0 Å². The molecule has 0 saturated heterocycles. The van der Waals surface area contributed by atoms with Gasteiger partial charge in [-0.05, 0) is 23.6 Å². The molecule has 9 heteroatoms. The zero-order chi connectivity index (χ0) is 16.7. The molecule has 0 saturated carbocycles. The van der Waals surface area contributed by atoms with Crippen LogP contribution in [-0.2, 0) is 6.54 Å². The number of nitrogens with zero attached hydrogens (tertiary/aromatic N) is 4. The second kappa shape index (κ2) is 6.01. The van der Waals surface area contributed by atoms with Crippen LogP contribution in [0.1, 0.15) is 5.82 Å². The first-order valence-electron chi connectivity index (χ1n) is 6.82. The van der Waals surface area contributed by atoms with E-state index in [2.05, 4.69) is 15.1 Å². The largest absolute Gasteiger partial charge is 0.333 e. The third kappa shape index (κ3) is 2.71. The van der Waals surface area contributed by atoms with Crippen LogP contribution in [0.25, 0.3) is 21.7 Å². The molecule has 4 aromatic rings. The van der Waals surface area contributed by atoms with Gasteiger partial charge in [-0.3, -0.25) is 9.36 Å². The van der Waals surface area contributed by atoms with Crippen molar-refractivity contribution in [1.82, 2.24) is 19.7 Å². The number of halogens is 2. The predicted octanol–water partition coefficient (Wildman–Crippen LogP) is 3.86. The van der Waals surface area contributed by atoms with Gasteiger partial charge in [-0.15, -0.1) is 11.3 Å². The van der Waals surface area contributed by atoms with Crippen molar-refractivity contribution >= 4 is 45.4 Å². The van der Waals surface area contributed by atoms with E-state index in [4.69, 9.17) is 27.7 Å². The molecule has 0 radical (unpaired) electrons. The zero-order valence-electron chi connectivity index (χ0n) is 11.9. The van der Waals surface area contributed by atoms with Crippen molar-refractivity contribution in [2.45, 2.75) is 6.54 Å². The Kier molecular flexibility index (Phi) is 3.84. The lowest BCUT2D eigenvalue weighted by Gasteiger charge is -2.05. The molecule has 0 bridgehead atoms. The van der Waals surface area contributed by atoms with Gasteiger partial charge in [0.25, 0.3) is 11.4 Å². The van der Waals surface area contributed by atoms with Crippen molar-refractivity contribution in [3.8, 4) is 10.8 Å². The molecule has 0 spiro atoms. The summed E-state index contributed by atoms with van der Waals surface area (Å²) in [5, 5.41) is 6.88. The average molecular weight is 379 g/mol. The summed E-state index contributed by atoms with van der Waals surface area (Å²) in [6.07, 6.45) is 1.41. The molecule has 0 N–H and O–H groups in total.